The van der Waals surface area contributed by atoms with E-state index in [0.29, 0.717) is 0 Å². The molecule has 2 aliphatic heterocycles. The SMILES string of the molecule is c1cc2ccc1PP2. The molecule has 8 heavy (non-hydrogen) atoms. The van der Waals surface area contributed by atoms with Crippen LogP contribution in [0.25, 0.3) is 0 Å². The van der Waals surface area contributed by atoms with Crippen LogP contribution in [0.2, 0.25) is 0 Å². The monoisotopic (exact) mass is 140 g/mol. The van der Waals surface area contributed by atoms with Crippen LogP contribution in [0, 0.1) is 0 Å². The Kier molecular flexibility index (Phi) is 1.10. The van der Waals surface area contributed by atoms with Gasteiger partial charge in [0.2, 0.25) is 0 Å². The second kappa shape index (κ2) is 1.79. The standard InChI is InChI=1S/C6H6P2/c1-2-6-4-3-5(1)7-8-6/h1-4,7-8H. The lowest BCUT2D eigenvalue weighted by atomic mass is 10.4. The minimum atomic E-state index is 1.08. The number of rotatable bonds is 0. The van der Waals surface area contributed by atoms with Crippen molar-refractivity contribution in [1.29, 1.82) is 0 Å². The third-order valence-electron chi connectivity index (χ3n) is 1.24. The Balaban J connectivity index is 2.69. The fraction of sp³-hybridized carbons (Fsp3) is 0. The van der Waals surface area contributed by atoms with Crippen molar-refractivity contribution in [2.45, 2.75) is 0 Å². The zero-order valence-electron chi connectivity index (χ0n) is 4.31. The maximum Gasteiger partial charge on any atom is -0.0227 e. The summed E-state index contributed by atoms with van der Waals surface area (Å²) in [4.78, 5) is 0. The minimum Gasteiger partial charge on any atom is -0.0634 e. The third kappa shape index (κ3) is 0.690. The first-order chi connectivity index (χ1) is 3.95. The van der Waals surface area contributed by atoms with Crippen molar-refractivity contribution in [1.82, 2.24) is 0 Å². The first-order valence-electron chi connectivity index (χ1n) is 2.57. The number of fused-ring (bicyclic) bond motifs is 3. The highest BCUT2D eigenvalue weighted by Gasteiger charge is 2.00. The van der Waals surface area contributed by atoms with Crippen LogP contribution in [-0.2, 0) is 0 Å². The predicted molar refractivity (Wildman–Crippen MR) is 42.3 cm³/mol. The molecule has 0 aromatic heterocycles. The van der Waals surface area contributed by atoms with Crippen molar-refractivity contribution < 1.29 is 0 Å². The molecule has 0 N–H and O–H groups in total. The molecule has 0 fully saturated rings. The molecule has 40 valence electrons. The van der Waals surface area contributed by atoms with Crippen LogP contribution in [0.1, 0.15) is 0 Å². The first kappa shape index (κ1) is 4.91. The Morgan fingerprint density at radius 2 is 1.12 bits per heavy atom. The molecule has 2 bridgehead atoms. The topological polar surface area (TPSA) is 0 Å². The van der Waals surface area contributed by atoms with Gasteiger partial charge in [0, 0.05) is 0 Å². The van der Waals surface area contributed by atoms with Crippen molar-refractivity contribution in [2.75, 3.05) is 0 Å². The summed E-state index contributed by atoms with van der Waals surface area (Å²) in [7, 11) is 2.15. The molecular formula is C6H6P2. The summed E-state index contributed by atoms with van der Waals surface area (Å²) in [5, 5.41) is 3.05. The molecule has 0 saturated carbocycles. The fourth-order valence-corrected chi connectivity index (χ4v) is 3.60. The molecule has 0 saturated heterocycles. The first-order valence-corrected chi connectivity index (χ1v) is 5.57. The molecule has 2 heteroatoms. The molecule has 2 heterocycles. The van der Waals surface area contributed by atoms with Gasteiger partial charge in [-0.25, -0.2) is 0 Å². The van der Waals surface area contributed by atoms with Crippen molar-refractivity contribution in [3.63, 3.8) is 0 Å². The third-order valence-corrected chi connectivity index (χ3v) is 4.71. The predicted octanol–water partition coefficient (Wildman–Crippen LogP) is 1.22. The lowest BCUT2D eigenvalue weighted by Crippen LogP contribution is -2.04. The summed E-state index contributed by atoms with van der Waals surface area (Å²) < 4.78 is 0. The van der Waals surface area contributed by atoms with E-state index in [0.717, 1.165) is 16.5 Å². The Morgan fingerprint density at radius 1 is 0.750 bits per heavy atom. The van der Waals surface area contributed by atoms with Gasteiger partial charge in [0.25, 0.3) is 0 Å². The second-order valence-electron chi connectivity index (χ2n) is 1.83. The second-order valence-corrected chi connectivity index (χ2v) is 4.98. The lowest BCUT2D eigenvalue weighted by Gasteiger charge is -2.09. The molecule has 0 nitrogen and oxygen atoms in total. The highest BCUT2D eigenvalue weighted by atomic mass is 32.0. The van der Waals surface area contributed by atoms with Crippen LogP contribution >= 0.6 is 16.5 Å². The Hall–Kier alpha value is 0.0800. The summed E-state index contributed by atoms with van der Waals surface area (Å²) in [6, 6.07) is 8.91. The normalized spacial score (nSPS) is 20.5. The molecule has 3 rings (SSSR count). The smallest absolute Gasteiger partial charge is 0.0227 e. The van der Waals surface area contributed by atoms with Crippen LogP contribution in [0.15, 0.2) is 24.3 Å². The van der Waals surface area contributed by atoms with Gasteiger partial charge in [0.1, 0.15) is 0 Å². The molecule has 2 unspecified atom stereocenters. The number of benzene rings is 1. The molecule has 2 aliphatic rings. The van der Waals surface area contributed by atoms with Crippen molar-refractivity contribution >= 4 is 27.1 Å². The van der Waals surface area contributed by atoms with E-state index in [1.165, 1.54) is 10.6 Å². The average Bonchev–Trinajstić information content (AvgIpc) is 1.92. The molecule has 0 spiro atoms. The van der Waals surface area contributed by atoms with E-state index in [-0.39, 0.29) is 0 Å². The largest absolute Gasteiger partial charge is 0.0634 e. The molecular weight excluding hydrogens is 134 g/mol. The van der Waals surface area contributed by atoms with Gasteiger partial charge in [-0.15, -0.1) is 0 Å². The summed E-state index contributed by atoms with van der Waals surface area (Å²) in [6.45, 7) is 0. The van der Waals surface area contributed by atoms with E-state index >= 15 is 0 Å². The highest BCUT2D eigenvalue weighted by Crippen LogP contribution is 2.37. The molecule has 1 aromatic carbocycles. The number of hydrogen-bond acceptors (Lipinski definition) is 0. The quantitative estimate of drug-likeness (QED) is 0.475. The van der Waals surface area contributed by atoms with Crippen LogP contribution in [-0.4, -0.2) is 0 Å². The highest BCUT2D eigenvalue weighted by molar-refractivity contribution is 8.18. The van der Waals surface area contributed by atoms with Crippen LogP contribution < -0.4 is 10.6 Å². The summed E-state index contributed by atoms with van der Waals surface area (Å²) >= 11 is 0. The Labute approximate surface area is 52.2 Å². The molecule has 0 amide bonds. The maximum atomic E-state index is 2.23. The van der Waals surface area contributed by atoms with Crippen molar-refractivity contribution in [3.05, 3.63) is 24.3 Å². The van der Waals surface area contributed by atoms with Crippen molar-refractivity contribution in [3.8, 4) is 0 Å². The van der Waals surface area contributed by atoms with Crippen LogP contribution in [0.4, 0.5) is 0 Å². The molecule has 0 aliphatic carbocycles. The average molecular weight is 140 g/mol. The Morgan fingerprint density at radius 3 is 1.25 bits per heavy atom. The van der Waals surface area contributed by atoms with E-state index < -0.39 is 0 Å². The van der Waals surface area contributed by atoms with Gasteiger partial charge in [0.05, 0.1) is 0 Å². The molecule has 2 atom stereocenters. The minimum absolute atomic E-state index is 1.08. The zero-order valence-corrected chi connectivity index (χ0v) is 6.31. The summed E-state index contributed by atoms with van der Waals surface area (Å²) in [5.41, 5.74) is 0. The molecule has 1 aromatic rings. The van der Waals surface area contributed by atoms with Gasteiger partial charge in [-0.3, -0.25) is 0 Å². The van der Waals surface area contributed by atoms with Crippen molar-refractivity contribution in [2.24, 2.45) is 0 Å². The zero-order chi connectivity index (χ0) is 5.40. The van der Waals surface area contributed by atoms with Gasteiger partial charge in [-0.05, 0) is 10.6 Å². The lowest BCUT2D eigenvalue weighted by molar-refractivity contribution is 1.85. The van der Waals surface area contributed by atoms with E-state index in [1.807, 2.05) is 0 Å². The summed E-state index contributed by atoms with van der Waals surface area (Å²) in [6.07, 6.45) is 0. The van der Waals surface area contributed by atoms with Gasteiger partial charge in [0.15, 0.2) is 0 Å². The van der Waals surface area contributed by atoms with E-state index in [9.17, 15) is 0 Å². The van der Waals surface area contributed by atoms with Gasteiger partial charge in [-0.1, -0.05) is 40.8 Å². The van der Waals surface area contributed by atoms with Gasteiger partial charge < -0.3 is 0 Å². The van der Waals surface area contributed by atoms with E-state index in [1.54, 1.807) is 0 Å². The fourth-order valence-electron chi connectivity index (χ4n) is 0.781. The van der Waals surface area contributed by atoms with E-state index in [4.69, 9.17) is 0 Å². The van der Waals surface area contributed by atoms with Gasteiger partial charge >= 0.3 is 0 Å². The summed E-state index contributed by atoms with van der Waals surface area (Å²) in [5.74, 6) is 0. The molecule has 0 radical (unpaired) electrons. The Bertz CT molecular complexity index is 167. The van der Waals surface area contributed by atoms with E-state index in [2.05, 4.69) is 24.3 Å². The number of hydrogen-bond donors (Lipinski definition) is 0. The van der Waals surface area contributed by atoms with Crippen LogP contribution in [0.3, 0.4) is 0 Å². The van der Waals surface area contributed by atoms with Gasteiger partial charge in [-0.2, -0.15) is 0 Å². The van der Waals surface area contributed by atoms with Crippen LogP contribution in [0.5, 0.6) is 0 Å². The maximum absolute atomic E-state index is 2.23.